The van der Waals surface area contributed by atoms with E-state index >= 15 is 0 Å². The minimum Gasteiger partial charge on any atom is -0.310 e. The fourth-order valence-electron chi connectivity index (χ4n) is 4.22. The second kappa shape index (κ2) is 11.4. The second-order valence-corrected chi connectivity index (χ2v) is 12.5. The van der Waals surface area contributed by atoms with Gasteiger partial charge in [0.2, 0.25) is 10.0 Å². The van der Waals surface area contributed by atoms with Gasteiger partial charge in [0.15, 0.2) is 0 Å². The maximum absolute atomic E-state index is 12.9. The average Bonchev–Trinajstić information content (AvgIpc) is 2.79. The first-order chi connectivity index (χ1) is 15.7. The van der Waals surface area contributed by atoms with Gasteiger partial charge < -0.3 is 5.32 Å². The highest BCUT2D eigenvalue weighted by atomic mass is 32.2. The number of rotatable bonds is 11. The van der Waals surface area contributed by atoms with Gasteiger partial charge in [-0.15, -0.1) is 0 Å². The highest BCUT2D eigenvalue weighted by Gasteiger charge is 2.18. The molecule has 0 unspecified atom stereocenters. The second-order valence-electron chi connectivity index (χ2n) is 8.81. The lowest BCUT2D eigenvalue weighted by Crippen LogP contribution is -2.29. The third-order valence-corrected chi connectivity index (χ3v) is 8.82. The van der Waals surface area contributed by atoms with Crippen LogP contribution in [0.25, 0.3) is 0 Å². The van der Waals surface area contributed by atoms with Gasteiger partial charge in [0.25, 0.3) is 10.0 Å². The zero-order chi connectivity index (χ0) is 23.9. The van der Waals surface area contributed by atoms with E-state index in [1.807, 2.05) is 12.1 Å². The minimum atomic E-state index is -3.82. The lowest BCUT2D eigenvalue weighted by atomic mass is 9.85. The lowest BCUT2D eigenvalue weighted by molar-refractivity contribution is 0.305. The van der Waals surface area contributed by atoms with Crippen molar-refractivity contribution in [1.29, 1.82) is 0 Å². The Balaban J connectivity index is 1.64. The van der Waals surface area contributed by atoms with Crippen LogP contribution in [-0.4, -0.2) is 28.6 Å². The molecule has 3 rings (SSSR count). The Morgan fingerprint density at radius 1 is 0.909 bits per heavy atom. The van der Waals surface area contributed by atoms with Crippen LogP contribution in [-0.2, 0) is 26.6 Å². The van der Waals surface area contributed by atoms with E-state index in [1.165, 1.54) is 63.3 Å². The molecule has 1 atom stereocenters. The maximum Gasteiger partial charge on any atom is 0.261 e. The molecule has 0 saturated heterocycles. The van der Waals surface area contributed by atoms with E-state index in [9.17, 15) is 16.8 Å². The van der Waals surface area contributed by atoms with Crippen LogP contribution in [0.2, 0.25) is 0 Å². The average molecular weight is 494 g/mol. The predicted molar refractivity (Wildman–Crippen MR) is 134 cm³/mol. The first-order valence-corrected chi connectivity index (χ1v) is 14.8. The molecule has 1 saturated carbocycles. The van der Waals surface area contributed by atoms with Gasteiger partial charge in [-0.1, -0.05) is 50.3 Å². The van der Waals surface area contributed by atoms with Crippen molar-refractivity contribution in [3.63, 3.8) is 0 Å². The van der Waals surface area contributed by atoms with Crippen LogP contribution in [0.4, 0.5) is 11.4 Å². The smallest absolute Gasteiger partial charge is 0.261 e. The molecule has 9 heteroatoms. The van der Waals surface area contributed by atoms with Crippen molar-refractivity contribution in [3.05, 3.63) is 54.1 Å². The number of benzene rings is 2. The summed E-state index contributed by atoms with van der Waals surface area (Å²) in [6, 6.07) is 13.4. The molecule has 0 radical (unpaired) electrons. The monoisotopic (exact) mass is 493 g/mol. The highest BCUT2D eigenvalue weighted by Crippen LogP contribution is 2.27. The van der Waals surface area contributed by atoms with Crippen molar-refractivity contribution in [2.24, 2.45) is 5.92 Å². The predicted octanol–water partition coefficient (Wildman–Crippen LogP) is 4.70. The minimum absolute atomic E-state index is 0.0568. The summed E-state index contributed by atoms with van der Waals surface area (Å²) < 4.78 is 54.4. The Morgan fingerprint density at radius 3 is 2.24 bits per heavy atom. The first kappa shape index (κ1) is 25.5. The van der Waals surface area contributed by atoms with Gasteiger partial charge in [0, 0.05) is 18.3 Å². The van der Waals surface area contributed by atoms with Gasteiger partial charge in [-0.2, -0.15) is 0 Å². The molecule has 33 heavy (non-hydrogen) atoms. The van der Waals surface area contributed by atoms with Gasteiger partial charge >= 0.3 is 0 Å². The normalized spacial score (nSPS) is 16.3. The van der Waals surface area contributed by atoms with Crippen molar-refractivity contribution in [3.8, 4) is 0 Å². The van der Waals surface area contributed by atoms with Crippen LogP contribution in [0.15, 0.2) is 53.4 Å². The Labute approximate surface area is 198 Å². The van der Waals surface area contributed by atoms with Crippen LogP contribution in [0, 0.1) is 5.92 Å². The topological polar surface area (TPSA) is 104 Å². The molecule has 2 aromatic rings. The third-order valence-electron chi connectivity index (χ3n) is 6.13. The van der Waals surface area contributed by atoms with Crippen LogP contribution < -0.4 is 14.8 Å². The molecule has 0 aliphatic heterocycles. The van der Waals surface area contributed by atoms with E-state index in [4.69, 9.17) is 0 Å². The van der Waals surface area contributed by atoms with Gasteiger partial charge in [-0.3, -0.25) is 9.44 Å². The summed E-state index contributed by atoms with van der Waals surface area (Å²) in [6.45, 7) is 4.30. The fourth-order valence-corrected chi connectivity index (χ4v) is 5.96. The molecule has 1 aliphatic rings. The van der Waals surface area contributed by atoms with Gasteiger partial charge in [0.05, 0.1) is 16.3 Å². The van der Waals surface area contributed by atoms with E-state index < -0.39 is 20.0 Å². The summed E-state index contributed by atoms with van der Waals surface area (Å²) in [7, 11) is -7.24. The van der Waals surface area contributed by atoms with Crippen LogP contribution in [0.3, 0.4) is 0 Å². The zero-order valence-corrected chi connectivity index (χ0v) is 21.0. The fraction of sp³-hybridized carbons (Fsp3) is 0.500. The third kappa shape index (κ3) is 7.72. The molecule has 1 aliphatic carbocycles. The number of para-hydroxylation sites is 1. The summed E-state index contributed by atoms with van der Waals surface area (Å²) in [5.41, 5.74) is 1.74. The van der Waals surface area contributed by atoms with Gasteiger partial charge in [-0.05, 0) is 62.1 Å². The lowest BCUT2D eigenvalue weighted by Gasteiger charge is -2.25. The van der Waals surface area contributed by atoms with E-state index in [1.54, 1.807) is 12.1 Å². The van der Waals surface area contributed by atoms with Crippen LogP contribution in [0.5, 0.6) is 0 Å². The van der Waals surface area contributed by atoms with E-state index in [0.29, 0.717) is 24.0 Å². The molecule has 0 bridgehead atoms. The van der Waals surface area contributed by atoms with Crippen molar-refractivity contribution in [1.82, 2.24) is 5.32 Å². The van der Waals surface area contributed by atoms with Crippen LogP contribution >= 0.6 is 0 Å². The van der Waals surface area contributed by atoms with E-state index in [-0.39, 0.29) is 10.6 Å². The summed E-state index contributed by atoms with van der Waals surface area (Å²) in [4.78, 5) is 0.0652. The van der Waals surface area contributed by atoms with Crippen LogP contribution in [0.1, 0.15) is 57.9 Å². The number of sulfonamides is 2. The molecule has 7 nitrogen and oxygen atoms in total. The largest absolute Gasteiger partial charge is 0.310 e. The van der Waals surface area contributed by atoms with Crippen molar-refractivity contribution < 1.29 is 16.8 Å². The van der Waals surface area contributed by atoms with E-state index in [2.05, 4.69) is 21.7 Å². The molecular formula is C24H35N3O4S2. The molecule has 0 aromatic heterocycles. The molecule has 3 N–H and O–H groups in total. The standard InChI is InChI=1S/C24H35N3O4S2/c1-3-32(28,29)26-22-13-15-23(16-14-22)33(30,31)27-24-12-8-7-11-21(24)18-25-19(2)17-20-9-5-4-6-10-20/h7-8,11-16,19-20,25-27H,3-6,9-10,17-18H2,1-2H3/t19-/m0/s1. The van der Waals surface area contributed by atoms with Crippen molar-refractivity contribution in [2.45, 2.75) is 69.9 Å². The van der Waals surface area contributed by atoms with Crippen molar-refractivity contribution >= 4 is 31.4 Å². The quantitative estimate of drug-likeness (QED) is 0.421. The number of hydrogen-bond acceptors (Lipinski definition) is 5. The number of nitrogens with one attached hydrogen (secondary N) is 3. The Morgan fingerprint density at radius 2 is 1.58 bits per heavy atom. The summed E-state index contributed by atoms with van der Waals surface area (Å²) in [5, 5.41) is 3.55. The Hall–Kier alpha value is -2.10. The summed E-state index contributed by atoms with van der Waals surface area (Å²) in [5.74, 6) is 0.721. The molecular weight excluding hydrogens is 458 g/mol. The Bertz CT molecular complexity index is 1110. The highest BCUT2D eigenvalue weighted by molar-refractivity contribution is 7.93. The Kier molecular flexibility index (Phi) is 8.78. The maximum atomic E-state index is 12.9. The molecule has 0 heterocycles. The molecule has 0 spiro atoms. The first-order valence-electron chi connectivity index (χ1n) is 11.6. The van der Waals surface area contributed by atoms with Gasteiger partial charge in [-0.25, -0.2) is 16.8 Å². The number of anilines is 2. The molecule has 0 amide bonds. The zero-order valence-electron chi connectivity index (χ0n) is 19.4. The summed E-state index contributed by atoms with van der Waals surface area (Å²) in [6.07, 6.45) is 7.76. The van der Waals surface area contributed by atoms with E-state index in [0.717, 1.165) is 17.9 Å². The molecule has 1 fully saturated rings. The summed E-state index contributed by atoms with van der Waals surface area (Å²) >= 11 is 0. The van der Waals surface area contributed by atoms with Gasteiger partial charge in [0.1, 0.15) is 0 Å². The number of hydrogen-bond donors (Lipinski definition) is 3. The van der Waals surface area contributed by atoms with Crippen molar-refractivity contribution in [2.75, 3.05) is 15.2 Å². The molecule has 2 aromatic carbocycles. The SMILES string of the molecule is CCS(=O)(=O)Nc1ccc(S(=O)(=O)Nc2ccccc2CN[C@@H](C)CC2CCCCC2)cc1. The molecule has 182 valence electrons.